The van der Waals surface area contributed by atoms with Gasteiger partial charge in [0.05, 0.1) is 6.61 Å². The second-order valence-electron chi connectivity index (χ2n) is 5.18. The lowest BCUT2D eigenvalue weighted by atomic mass is 9.94. The summed E-state index contributed by atoms with van der Waals surface area (Å²) < 4.78 is 43.8. The zero-order chi connectivity index (χ0) is 13.6. The summed E-state index contributed by atoms with van der Waals surface area (Å²) in [6, 6.07) is 4.40. The van der Waals surface area contributed by atoms with Crippen LogP contribution in [-0.4, -0.2) is 23.5 Å². The largest absolute Gasteiger partial charge is 0.487 e. The van der Waals surface area contributed by atoms with Gasteiger partial charge in [0.1, 0.15) is 17.3 Å². The number of hydrogen-bond donors (Lipinski definition) is 1. The monoisotopic (exact) mass is 260 g/mol. The highest BCUT2D eigenvalue weighted by molar-refractivity contribution is 5.43. The van der Waals surface area contributed by atoms with Gasteiger partial charge in [-0.1, -0.05) is 12.1 Å². The maximum Gasteiger partial charge on any atom is 0.397 e. The predicted molar refractivity (Wildman–Crippen MR) is 60.7 cm³/mol. The molecule has 1 aliphatic rings. The van der Waals surface area contributed by atoms with E-state index in [0.717, 1.165) is 5.56 Å². The van der Waals surface area contributed by atoms with Gasteiger partial charge in [0, 0.05) is 6.42 Å². The topological polar surface area (TPSA) is 29.5 Å². The second-order valence-corrected chi connectivity index (χ2v) is 5.18. The van der Waals surface area contributed by atoms with Crippen molar-refractivity contribution < 1.29 is 23.0 Å². The Kier molecular flexibility index (Phi) is 3.05. The Morgan fingerprint density at radius 2 is 2.06 bits per heavy atom. The van der Waals surface area contributed by atoms with Gasteiger partial charge in [0.15, 0.2) is 0 Å². The molecule has 0 amide bonds. The van der Waals surface area contributed by atoms with Gasteiger partial charge in [-0.05, 0) is 31.0 Å². The van der Waals surface area contributed by atoms with Crippen LogP contribution < -0.4 is 4.74 Å². The minimum atomic E-state index is -4.43. The summed E-state index contributed by atoms with van der Waals surface area (Å²) in [5.41, 5.74) is 0.471. The van der Waals surface area contributed by atoms with E-state index in [4.69, 9.17) is 9.84 Å². The Morgan fingerprint density at radius 1 is 1.39 bits per heavy atom. The first-order valence-corrected chi connectivity index (χ1v) is 5.72. The predicted octanol–water partition coefficient (Wildman–Crippen LogP) is 3.04. The van der Waals surface area contributed by atoms with E-state index in [2.05, 4.69) is 0 Å². The molecule has 0 spiro atoms. The lowest BCUT2D eigenvalue weighted by Crippen LogP contribution is -2.24. The third-order valence-electron chi connectivity index (χ3n) is 3.07. The highest BCUT2D eigenvalue weighted by Gasteiger charge is 2.41. The summed E-state index contributed by atoms with van der Waals surface area (Å²) in [5.74, 6) is -1.20. The smallest absolute Gasteiger partial charge is 0.397 e. The summed E-state index contributed by atoms with van der Waals surface area (Å²) in [7, 11) is 0. The third-order valence-corrected chi connectivity index (χ3v) is 3.07. The average Bonchev–Trinajstić information content (AvgIpc) is 2.49. The average molecular weight is 260 g/mol. The van der Waals surface area contributed by atoms with Crippen molar-refractivity contribution in [3.63, 3.8) is 0 Å². The summed E-state index contributed by atoms with van der Waals surface area (Å²) in [6.07, 6.45) is -3.86. The first-order valence-electron chi connectivity index (χ1n) is 5.72. The number of aliphatic hydroxyl groups is 1. The van der Waals surface area contributed by atoms with E-state index in [1.54, 1.807) is 6.07 Å². The van der Waals surface area contributed by atoms with Gasteiger partial charge in [0.2, 0.25) is 0 Å². The Morgan fingerprint density at radius 3 is 2.61 bits per heavy atom. The number of halogens is 3. The fraction of sp³-hybridized carbons (Fsp3) is 0.538. The van der Waals surface area contributed by atoms with E-state index in [0.29, 0.717) is 12.2 Å². The van der Waals surface area contributed by atoms with Gasteiger partial charge in [0.25, 0.3) is 0 Å². The number of benzene rings is 1. The van der Waals surface area contributed by atoms with Gasteiger partial charge in [-0.3, -0.25) is 0 Å². The van der Waals surface area contributed by atoms with E-state index in [-0.39, 0.29) is 11.2 Å². The Balaban J connectivity index is 2.34. The summed E-state index contributed by atoms with van der Waals surface area (Å²) in [4.78, 5) is 0. The maximum atomic E-state index is 12.7. The SMILES string of the molecule is CC1(C)Cc2cc(C(CO)C(F)(F)F)ccc2O1. The van der Waals surface area contributed by atoms with Crippen molar-refractivity contribution in [2.45, 2.75) is 38.0 Å². The fourth-order valence-corrected chi connectivity index (χ4v) is 2.24. The molecule has 1 aliphatic heterocycles. The normalized spacial score (nSPS) is 19.2. The Hall–Kier alpha value is -1.23. The Bertz CT molecular complexity index is 452. The molecule has 2 rings (SSSR count). The van der Waals surface area contributed by atoms with Gasteiger partial charge in [-0.2, -0.15) is 13.2 Å². The van der Waals surface area contributed by atoms with Crippen molar-refractivity contribution in [3.8, 4) is 5.75 Å². The van der Waals surface area contributed by atoms with Crippen molar-refractivity contribution in [3.05, 3.63) is 29.3 Å². The first kappa shape index (κ1) is 13.2. The molecule has 1 aromatic carbocycles. The molecule has 0 saturated heterocycles. The number of aliphatic hydroxyl groups excluding tert-OH is 1. The molecule has 100 valence electrons. The van der Waals surface area contributed by atoms with Crippen molar-refractivity contribution in [2.75, 3.05) is 6.61 Å². The van der Waals surface area contributed by atoms with Crippen molar-refractivity contribution in [1.82, 2.24) is 0 Å². The van der Waals surface area contributed by atoms with Gasteiger partial charge < -0.3 is 9.84 Å². The molecular weight excluding hydrogens is 245 g/mol. The first-order chi connectivity index (χ1) is 8.23. The van der Waals surface area contributed by atoms with Crippen molar-refractivity contribution in [1.29, 1.82) is 0 Å². The van der Waals surface area contributed by atoms with E-state index in [9.17, 15) is 13.2 Å². The van der Waals surface area contributed by atoms with Crippen LogP contribution in [0, 0.1) is 0 Å². The van der Waals surface area contributed by atoms with Crippen LogP contribution in [0.25, 0.3) is 0 Å². The molecule has 0 aliphatic carbocycles. The number of alkyl halides is 3. The van der Waals surface area contributed by atoms with Crippen molar-refractivity contribution >= 4 is 0 Å². The van der Waals surface area contributed by atoms with Crippen LogP contribution in [0.3, 0.4) is 0 Å². The molecule has 0 aromatic heterocycles. The molecule has 0 saturated carbocycles. The second kappa shape index (κ2) is 4.16. The number of ether oxygens (including phenoxy) is 1. The van der Waals surface area contributed by atoms with Gasteiger partial charge in [-0.25, -0.2) is 0 Å². The van der Waals surface area contributed by atoms with Crippen LogP contribution >= 0.6 is 0 Å². The zero-order valence-electron chi connectivity index (χ0n) is 10.2. The van der Waals surface area contributed by atoms with E-state index in [1.165, 1.54) is 12.1 Å². The summed E-state index contributed by atoms with van der Waals surface area (Å²) >= 11 is 0. The van der Waals surface area contributed by atoms with E-state index >= 15 is 0 Å². The molecule has 2 nitrogen and oxygen atoms in total. The molecule has 1 unspecified atom stereocenters. The minimum Gasteiger partial charge on any atom is -0.487 e. The fourth-order valence-electron chi connectivity index (χ4n) is 2.24. The molecule has 0 fully saturated rings. The maximum absolute atomic E-state index is 12.7. The lowest BCUT2D eigenvalue weighted by molar-refractivity contribution is -0.158. The van der Waals surface area contributed by atoms with Gasteiger partial charge in [-0.15, -0.1) is 0 Å². The highest BCUT2D eigenvalue weighted by Crippen LogP contribution is 2.40. The Labute approximate surface area is 103 Å². The van der Waals surface area contributed by atoms with Gasteiger partial charge >= 0.3 is 6.18 Å². The molecular formula is C13H15F3O2. The zero-order valence-corrected chi connectivity index (χ0v) is 10.2. The molecule has 0 bridgehead atoms. The molecule has 1 aromatic rings. The standard InChI is InChI=1S/C13H15F3O2/c1-12(2)6-9-5-8(3-4-11(9)18-12)10(7-17)13(14,15)16/h3-5,10,17H,6-7H2,1-2H3. The van der Waals surface area contributed by atoms with E-state index < -0.39 is 18.7 Å². The number of fused-ring (bicyclic) bond motifs is 1. The van der Waals surface area contributed by atoms with Crippen LogP contribution in [0.1, 0.15) is 30.9 Å². The van der Waals surface area contributed by atoms with Crippen molar-refractivity contribution in [2.24, 2.45) is 0 Å². The van der Waals surface area contributed by atoms with Crippen LogP contribution in [0.2, 0.25) is 0 Å². The van der Waals surface area contributed by atoms with Crippen LogP contribution in [0.4, 0.5) is 13.2 Å². The van der Waals surface area contributed by atoms with Crippen LogP contribution in [-0.2, 0) is 6.42 Å². The molecule has 1 heterocycles. The third kappa shape index (κ3) is 2.46. The molecule has 0 radical (unpaired) electrons. The summed E-state index contributed by atoms with van der Waals surface area (Å²) in [6.45, 7) is 2.84. The van der Waals surface area contributed by atoms with E-state index in [1.807, 2.05) is 13.8 Å². The van der Waals surface area contributed by atoms with Crippen LogP contribution in [0.15, 0.2) is 18.2 Å². The minimum absolute atomic E-state index is 0.0880. The molecule has 1 atom stereocenters. The quantitative estimate of drug-likeness (QED) is 0.885. The molecule has 18 heavy (non-hydrogen) atoms. The number of rotatable bonds is 2. The lowest BCUT2D eigenvalue weighted by Gasteiger charge is -2.18. The van der Waals surface area contributed by atoms with Crippen LogP contribution in [0.5, 0.6) is 5.75 Å². The molecule has 5 heteroatoms. The number of hydrogen-bond acceptors (Lipinski definition) is 2. The molecule has 1 N–H and O–H groups in total. The summed E-state index contributed by atoms with van der Waals surface area (Å²) in [5, 5.41) is 8.92. The highest BCUT2D eigenvalue weighted by atomic mass is 19.4.